The summed E-state index contributed by atoms with van der Waals surface area (Å²) in [6.07, 6.45) is 0. The average Bonchev–Trinajstić information content (AvgIpc) is 1.89. The summed E-state index contributed by atoms with van der Waals surface area (Å²) >= 11 is 0. The fraction of sp³-hybridized carbons (Fsp3) is 0.833. The van der Waals surface area contributed by atoms with Gasteiger partial charge in [-0.25, -0.2) is 0 Å². The summed E-state index contributed by atoms with van der Waals surface area (Å²) in [5, 5.41) is 0. The van der Waals surface area contributed by atoms with E-state index in [1.54, 1.807) is 13.8 Å². The molecule has 0 unspecified atom stereocenters. The molecule has 0 aliphatic heterocycles. The molecule has 0 saturated carbocycles. The second-order valence-electron chi connectivity index (χ2n) is 1.67. The third-order valence-corrected chi connectivity index (χ3v) is 1.42. The van der Waals surface area contributed by atoms with Crippen LogP contribution in [0.25, 0.3) is 0 Å². The molecule has 0 aromatic rings. The Morgan fingerprint density at radius 3 is 2.00 bits per heavy atom. The highest BCUT2D eigenvalue weighted by molar-refractivity contribution is 7.25. The van der Waals surface area contributed by atoms with Crippen molar-refractivity contribution in [2.24, 2.45) is 0 Å². The van der Waals surface area contributed by atoms with Gasteiger partial charge in [0.1, 0.15) is 0 Å². The molecule has 3 nitrogen and oxygen atoms in total. The standard InChI is InChI=1S/C6H12O3P/c1-4-8-6(3,10-7)9-5-2/h3-5H2,1-2H3. The van der Waals surface area contributed by atoms with Crippen LogP contribution in [-0.2, 0) is 14.0 Å². The first-order valence-electron chi connectivity index (χ1n) is 3.16. The van der Waals surface area contributed by atoms with Gasteiger partial charge in [-0.15, -0.1) is 0 Å². The molecule has 0 atom stereocenters. The molecule has 0 heterocycles. The lowest BCUT2D eigenvalue weighted by atomic mass is 10.7. The highest BCUT2D eigenvalue weighted by atomic mass is 31.1. The summed E-state index contributed by atoms with van der Waals surface area (Å²) < 4.78 is 20.3. The third-order valence-electron chi connectivity index (χ3n) is 0.879. The van der Waals surface area contributed by atoms with Crippen LogP contribution in [0.4, 0.5) is 0 Å². The van der Waals surface area contributed by atoms with Crippen molar-refractivity contribution >= 4 is 8.46 Å². The molecule has 0 aliphatic carbocycles. The quantitative estimate of drug-likeness (QED) is 0.458. The summed E-state index contributed by atoms with van der Waals surface area (Å²) in [6.45, 7) is 7.98. The maximum Gasteiger partial charge on any atom is 0.251 e. The average molecular weight is 163 g/mol. The smallest absolute Gasteiger partial charge is 0.251 e. The molecule has 0 bridgehead atoms. The van der Waals surface area contributed by atoms with Gasteiger partial charge in [0, 0.05) is 20.1 Å². The third kappa shape index (κ3) is 3.25. The van der Waals surface area contributed by atoms with Crippen LogP contribution in [0, 0.1) is 6.92 Å². The van der Waals surface area contributed by atoms with Gasteiger partial charge in [-0.3, -0.25) is 4.57 Å². The molecule has 0 spiro atoms. The molecule has 10 heavy (non-hydrogen) atoms. The van der Waals surface area contributed by atoms with E-state index in [0.29, 0.717) is 13.2 Å². The summed E-state index contributed by atoms with van der Waals surface area (Å²) in [5.41, 5.74) is -1.19. The molecule has 0 aromatic carbocycles. The van der Waals surface area contributed by atoms with Gasteiger partial charge in [-0.05, 0) is 13.8 Å². The van der Waals surface area contributed by atoms with E-state index in [1.165, 1.54) is 0 Å². The van der Waals surface area contributed by atoms with Gasteiger partial charge < -0.3 is 9.47 Å². The van der Waals surface area contributed by atoms with Gasteiger partial charge >= 0.3 is 0 Å². The molecule has 0 amide bonds. The predicted octanol–water partition coefficient (Wildman–Crippen LogP) is 1.84. The van der Waals surface area contributed by atoms with Crippen molar-refractivity contribution in [2.75, 3.05) is 13.2 Å². The van der Waals surface area contributed by atoms with E-state index >= 15 is 0 Å². The van der Waals surface area contributed by atoms with Crippen LogP contribution in [0.15, 0.2) is 0 Å². The van der Waals surface area contributed by atoms with E-state index in [-0.39, 0.29) is 8.46 Å². The Balaban J connectivity index is 3.81. The second-order valence-corrected chi connectivity index (χ2v) is 2.53. The first kappa shape index (κ1) is 10.0. The first-order valence-corrected chi connectivity index (χ1v) is 3.97. The lowest BCUT2D eigenvalue weighted by molar-refractivity contribution is -0.138. The fourth-order valence-electron chi connectivity index (χ4n) is 0.545. The van der Waals surface area contributed by atoms with Gasteiger partial charge in [0.15, 0.2) is 0 Å². The minimum absolute atomic E-state index is 0.237. The Hall–Kier alpha value is 0.0200. The van der Waals surface area contributed by atoms with E-state index in [2.05, 4.69) is 6.92 Å². The maximum absolute atomic E-state index is 10.4. The number of ether oxygens (including phenoxy) is 2. The predicted molar refractivity (Wildman–Crippen MR) is 38.9 cm³/mol. The Morgan fingerprint density at radius 2 is 1.80 bits per heavy atom. The Bertz CT molecular complexity index is 99.2. The van der Waals surface area contributed by atoms with E-state index in [1.807, 2.05) is 0 Å². The lowest BCUT2D eigenvalue weighted by Crippen LogP contribution is -2.25. The monoisotopic (exact) mass is 163 g/mol. The van der Waals surface area contributed by atoms with Crippen molar-refractivity contribution < 1.29 is 14.0 Å². The molecule has 0 aromatic heterocycles. The van der Waals surface area contributed by atoms with Crippen LogP contribution < -0.4 is 0 Å². The molecule has 1 radical (unpaired) electrons. The van der Waals surface area contributed by atoms with Crippen LogP contribution >= 0.6 is 8.46 Å². The molecular weight excluding hydrogens is 151 g/mol. The zero-order chi connectivity index (χ0) is 8.04. The SMILES string of the molecule is [CH2]C(OCC)(OCC)P=O. The summed E-state index contributed by atoms with van der Waals surface area (Å²) in [5.74, 6) is 0. The van der Waals surface area contributed by atoms with Crippen LogP contribution in [0.3, 0.4) is 0 Å². The van der Waals surface area contributed by atoms with Crippen molar-refractivity contribution in [3.05, 3.63) is 6.92 Å². The van der Waals surface area contributed by atoms with E-state index in [4.69, 9.17) is 9.47 Å². The van der Waals surface area contributed by atoms with Gasteiger partial charge in [-0.2, -0.15) is 0 Å². The number of rotatable bonds is 5. The van der Waals surface area contributed by atoms with Gasteiger partial charge in [0.25, 0.3) is 5.53 Å². The maximum atomic E-state index is 10.4. The molecule has 59 valence electrons. The van der Waals surface area contributed by atoms with Gasteiger partial charge in [-0.1, -0.05) is 0 Å². The topological polar surface area (TPSA) is 35.5 Å². The van der Waals surface area contributed by atoms with Crippen molar-refractivity contribution in [1.82, 2.24) is 0 Å². The summed E-state index contributed by atoms with van der Waals surface area (Å²) in [6, 6.07) is 0. The van der Waals surface area contributed by atoms with Crippen LogP contribution in [0.2, 0.25) is 0 Å². The first-order chi connectivity index (χ1) is 4.68. The normalized spacial score (nSPS) is 12.3. The summed E-state index contributed by atoms with van der Waals surface area (Å²) in [7, 11) is -0.237. The zero-order valence-corrected chi connectivity index (χ0v) is 7.19. The molecule has 0 rings (SSSR count). The van der Waals surface area contributed by atoms with Crippen molar-refractivity contribution in [2.45, 2.75) is 19.4 Å². The Kier molecular flexibility index (Phi) is 4.79. The lowest BCUT2D eigenvalue weighted by Gasteiger charge is -2.20. The number of hydrogen-bond donors (Lipinski definition) is 0. The van der Waals surface area contributed by atoms with E-state index < -0.39 is 5.53 Å². The van der Waals surface area contributed by atoms with E-state index in [0.717, 1.165) is 0 Å². The fourth-order valence-corrected chi connectivity index (χ4v) is 0.909. The Labute approximate surface area is 62.9 Å². The molecule has 4 heteroatoms. The van der Waals surface area contributed by atoms with Crippen molar-refractivity contribution in [3.63, 3.8) is 0 Å². The van der Waals surface area contributed by atoms with E-state index in [9.17, 15) is 4.57 Å². The molecule has 0 saturated heterocycles. The highest BCUT2D eigenvalue weighted by Gasteiger charge is 2.25. The largest absolute Gasteiger partial charge is 0.341 e. The van der Waals surface area contributed by atoms with Gasteiger partial charge in [0.2, 0.25) is 8.46 Å². The summed E-state index contributed by atoms with van der Waals surface area (Å²) in [4.78, 5) is 0. The molecule has 0 fully saturated rings. The zero-order valence-electron chi connectivity index (χ0n) is 6.29. The highest BCUT2D eigenvalue weighted by Crippen LogP contribution is 2.24. The van der Waals surface area contributed by atoms with Crippen molar-refractivity contribution in [1.29, 1.82) is 0 Å². The van der Waals surface area contributed by atoms with Crippen LogP contribution in [0.5, 0.6) is 0 Å². The Morgan fingerprint density at radius 1 is 1.40 bits per heavy atom. The molecule has 0 N–H and O–H groups in total. The van der Waals surface area contributed by atoms with Crippen LogP contribution in [0.1, 0.15) is 13.8 Å². The van der Waals surface area contributed by atoms with Crippen molar-refractivity contribution in [3.8, 4) is 0 Å². The minimum Gasteiger partial charge on any atom is -0.341 e. The minimum atomic E-state index is -1.19. The molecular formula is C6H12O3P. The van der Waals surface area contributed by atoms with Crippen LogP contribution in [-0.4, -0.2) is 18.7 Å². The number of hydrogen-bond acceptors (Lipinski definition) is 3. The van der Waals surface area contributed by atoms with Gasteiger partial charge in [0.05, 0.1) is 0 Å². The second kappa shape index (κ2) is 4.78. The molecule has 0 aliphatic rings.